The highest BCUT2D eigenvalue weighted by atomic mass is 32.1. The molecule has 1 aliphatic carbocycles. The van der Waals surface area contributed by atoms with Gasteiger partial charge in [-0.05, 0) is 30.5 Å². The second kappa shape index (κ2) is 5.09. The van der Waals surface area contributed by atoms with Crippen LogP contribution >= 0.6 is 11.3 Å². The molecule has 0 amide bonds. The molecule has 0 atom stereocenters. The Hall–Kier alpha value is -1.75. The zero-order valence-electron chi connectivity index (χ0n) is 10.7. The maximum absolute atomic E-state index is 11.1. The molecule has 3 rings (SSSR count). The van der Waals surface area contributed by atoms with Crippen LogP contribution in [0.2, 0.25) is 0 Å². The number of anilines is 1. The molecule has 0 aromatic carbocycles. The van der Waals surface area contributed by atoms with Crippen molar-refractivity contribution >= 4 is 22.8 Å². The van der Waals surface area contributed by atoms with Gasteiger partial charge in [0.1, 0.15) is 0 Å². The molecule has 0 unspecified atom stereocenters. The number of aldehydes is 1. The first-order chi connectivity index (χ1) is 9.28. The number of hydrogen-bond acceptors (Lipinski definition) is 5. The third kappa shape index (κ3) is 2.66. The molecule has 1 fully saturated rings. The van der Waals surface area contributed by atoms with Gasteiger partial charge in [-0.2, -0.15) is 0 Å². The van der Waals surface area contributed by atoms with Crippen molar-refractivity contribution in [3.63, 3.8) is 0 Å². The molecule has 5 heteroatoms. The number of nitrogens with zero attached hydrogens (tertiary/aromatic N) is 3. The minimum absolute atomic E-state index is 0.513. The fraction of sp³-hybridized carbons (Fsp3) is 0.357. The topological polar surface area (TPSA) is 46.1 Å². The summed E-state index contributed by atoms with van der Waals surface area (Å²) in [5, 5.41) is 0.917. The number of carbonyl (C=O) groups is 1. The van der Waals surface area contributed by atoms with Crippen molar-refractivity contribution in [1.29, 1.82) is 0 Å². The Kier molecular flexibility index (Phi) is 3.29. The summed E-state index contributed by atoms with van der Waals surface area (Å²) < 4.78 is 0. The number of carbonyl (C=O) groups excluding carboxylic acids is 1. The summed E-state index contributed by atoms with van der Waals surface area (Å²) >= 11 is 1.49. The Morgan fingerprint density at radius 3 is 2.79 bits per heavy atom. The molecular formula is C14H15N3OS. The Labute approximate surface area is 116 Å². The smallest absolute Gasteiger partial charge is 0.186 e. The zero-order valence-corrected chi connectivity index (χ0v) is 11.6. The molecule has 2 aromatic rings. The molecule has 0 saturated heterocycles. The Morgan fingerprint density at radius 1 is 1.42 bits per heavy atom. The summed E-state index contributed by atoms with van der Waals surface area (Å²) in [7, 11) is 2.00. The van der Waals surface area contributed by atoms with E-state index in [1.165, 1.54) is 16.9 Å². The van der Waals surface area contributed by atoms with E-state index in [9.17, 15) is 4.79 Å². The number of hydrogen-bond donors (Lipinski definition) is 0. The van der Waals surface area contributed by atoms with Gasteiger partial charge >= 0.3 is 0 Å². The van der Waals surface area contributed by atoms with Crippen LogP contribution in [0.15, 0.2) is 24.5 Å². The largest absolute Gasteiger partial charge is 0.347 e. The second-order valence-corrected chi connectivity index (χ2v) is 5.86. The minimum Gasteiger partial charge on any atom is -0.347 e. The molecule has 98 valence electrons. The van der Waals surface area contributed by atoms with E-state index in [-0.39, 0.29) is 0 Å². The molecule has 0 radical (unpaired) electrons. The highest BCUT2D eigenvalue weighted by molar-refractivity contribution is 7.17. The van der Waals surface area contributed by atoms with Crippen molar-refractivity contribution in [1.82, 2.24) is 9.97 Å². The van der Waals surface area contributed by atoms with E-state index in [2.05, 4.69) is 14.9 Å². The summed E-state index contributed by atoms with van der Waals surface area (Å²) in [6.07, 6.45) is 6.85. The summed E-state index contributed by atoms with van der Waals surface area (Å²) in [5.74, 6) is 0.513. The van der Waals surface area contributed by atoms with E-state index in [1.54, 1.807) is 12.4 Å². The summed E-state index contributed by atoms with van der Waals surface area (Å²) in [6, 6.07) is 3.99. The molecule has 2 aromatic heterocycles. The van der Waals surface area contributed by atoms with Gasteiger partial charge < -0.3 is 4.90 Å². The van der Waals surface area contributed by atoms with Crippen molar-refractivity contribution in [2.45, 2.75) is 25.3 Å². The number of aromatic nitrogens is 2. The van der Waals surface area contributed by atoms with Crippen molar-refractivity contribution in [3.05, 3.63) is 40.7 Å². The average Bonchev–Trinajstić information content (AvgIpc) is 3.19. The molecule has 2 heterocycles. The predicted molar refractivity (Wildman–Crippen MR) is 75.8 cm³/mol. The normalized spacial score (nSPS) is 14.4. The maximum Gasteiger partial charge on any atom is 0.186 e. The fourth-order valence-electron chi connectivity index (χ4n) is 2.06. The van der Waals surface area contributed by atoms with Crippen LogP contribution in [-0.4, -0.2) is 23.3 Å². The van der Waals surface area contributed by atoms with E-state index in [0.29, 0.717) is 5.92 Å². The van der Waals surface area contributed by atoms with Crippen LogP contribution in [-0.2, 0) is 6.54 Å². The summed E-state index contributed by atoms with van der Waals surface area (Å²) in [4.78, 5) is 22.6. The van der Waals surface area contributed by atoms with Crippen molar-refractivity contribution in [2.24, 2.45) is 0 Å². The van der Waals surface area contributed by atoms with E-state index in [1.807, 2.05) is 19.2 Å². The van der Waals surface area contributed by atoms with Crippen molar-refractivity contribution < 1.29 is 4.79 Å². The predicted octanol–water partition coefficient (Wildman–Crippen LogP) is 2.86. The van der Waals surface area contributed by atoms with Gasteiger partial charge in [0.25, 0.3) is 0 Å². The van der Waals surface area contributed by atoms with Gasteiger partial charge in [0, 0.05) is 31.9 Å². The van der Waals surface area contributed by atoms with Crippen LogP contribution in [0.4, 0.5) is 5.13 Å². The van der Waals surface area contributed by atoms with Gasteiger partial charge in [-0.15, -0.1) is 0 Å². The van der Waals surface area contributed by atoms with Gasteiger partial charge in [-0.25, -0.2) is 4.98 Å². The quantitative estimate of drug-likeness (QED) is 0.786. The molecule has 0 bridgehead atoms. The van der Waals surface area contributed by atoms with Gasteiger partial charge in [0.15, 0.2) is 11.4 Å². The first-order valence-electron chi connectivity index (χ1n) is 6.34. The van der Waals surface area contributed by atoms with Crippen LogP contribution in [0.25, 0.3) is 0 Å². The first kappa shape index (κ1) is 12.3. The van der Waals surface area contributed by atoms with Gasteiger partial charge in [-0.3, -0.25) is 9.78 Å². The minimum atomic E-state index is 0.513. The van der Waals surface area contributed by atoms with Crippen LogP contribution < -0.4 is 4.90 Å². The molecule has 1 aliphatic rings. The van der Waals surface area contributed by atoms with E-state index >= 15 is 0 Å². The lowest BCUT2D eigenvalue weighted by molar-refractivity contribution is 0.112. The molecule has 0 spiro atoms. The standard InChI is InChI=1S/C14H15N3OS/c1-17(8-10-4-6-15-7-5-10)14-16-13(11-2-3-11)12(9-18)19-14/h4-7,9,11H,2-3,8H2,1H3. The van der Waals surface area contributed by atoms with Crippen LogP contribution in [0, 0.1) is 0 Å². The lowest BCUT2D eigenvalue weighted by Gasteiger charge is -2.15. The Balaban J connectivity index is 1.79. The van der Waals surface area contributed by atoms with Crippen molar-refractivity contribution in [2.75, 3.05) is 11.9 Å². The monoisotopic (exact) mass is 273 g/mol. The third-order valence-corrected chi connectivity index (χ3v) is 4.35. The van der Waals surface area contributed by atoms with Gasteiger partial charge in [-0.1, -0.05) is 11.3 Å². The third-order valence-electron chi connectivity index (χ3n) is 3.24. The summed E-state index contributed by atoms with van der Waals surface area (Å²) in [5.41, 5.74) is 2.19. The van der Waals surface area contributed by atoms with Crippen LogP contribution in [0.1, 0.15) is 39.7 Å². The number of thiazole rings is 1. The highest BCUT2D eigenvalue weighted by Crippen LogP contribution is 2.43. The van der Waals surface area contributed by atoms with E-state index in [0.717, 1.165) is 41.4 Å². The van der Waals surface area contributed by atoms with Gasteiger partial charge in [0.2, 0.25) is 0 Å². The van der Waals surface area contributed by atoms with Crippen LogP contribution in [0.3, 0.4) is 0 Å². The SMILES string of the molecule is CN(Cc1ccncc1)c1nc(C2CC2)c(C=O)s1. The number of rotatable bonds is 5. The number of pyridine rings is 1. The summed E-state index contributed by atoms with van der Waals surface area (Å²) in [6.45, 7) is 0.776. The molecule has 19 heavy (non-hydrogen) atoms. The second-order valence-electron chi connectivity index (χ2n) is 4.85. The molecule has 1 saturated carbocycles. The lowest BCUT2D eigenvalue weighted by Crippen LogP contribution is -2.16. The lowest BCUT2D eigenvalue weighted by atomic mass is 10.2. The fourth-order valence-corrected chi connectivity index (χ4v) is 2.98. The van der Waals surface area contributed by atoms with Gasteiger partial charge in [0.05, 0.1) is 10.6 Å². The van der Waals surface area contributed by atoms with E-state index < -0.39 is 0 Å². The van der Waals surface area contributed by atoms with E-state index in [4.69, 9.17) is 0 Å². The van der Waals surface area contributed by atoms with Crippen LogP contribution in [0.5, 0.6) is 0 Å². The zero-order chi connectivity index (χ0) is 13.2. The Morgan fingerprint density at radius 2 is 2.16 bits per heavy atom. The molecule has 0 aliphatic heterocycles. The van der Waals surface area contributed by atoms with Crippen molar-refractivity contribution in [3.8, 4) is 0 Å². The average molecular weight is 273 g/mol. The molecular weight excluding hydrogens is 258 g/mol. The highest BCUT2D eigenvalue weighted by Gasteiger charge is 2.30. The first-order valence-corrected chi connectivity index (χ1v) is 7.15. The Bertz CT molecular complexity index is 578. The maximum atomic E-state index is 11.1. The molecule has 0 N–H and O–H groups in total. The molecule has 4 nitrogen and oxygen atoms in total.